The number of nitrogens with zero attached hydrogens (tertiary/aromatic N) is 1. The van der Waals surface area contributed by atoms with Crippen LogP contribution in [-0.4, -0.2) is 34.2 Å². The standard InChI is InChI=1S/C19H21ClN2O.C2H6/c1-3-5-13(4-2)19(12-23)22-9-8-15-16-10-14(20)6-7-17(16)21-18(15)11-22;1-2/h3-7,10,19,21,23H,1-2,8-9,11-12H2;1-2H3/b13-5+;. The predicted octanol–water partition coefficient (Wildman–Crippen LogP) is 4.86. The first-order valence-electron chi connectivity index (χ1n) is 8.77. The van der Waals surface area contributed by atoms with E-state index in [4.69, 9.17) is 11.6 Å². The number of fused-ring (bicyclic) bond motifs is 3. The van der Waals surface area contributed by atoms with Gasteiger partial charge in [-0.2, -0.15) is 0 Å². The third kappa shape index (κ3) is 4.06. The molecule has 1 atom stereocenters. The highest BCUT2D eigenvalue weighted by Gasteiger charge is 2.26. The zero-order chi connectivity index (χ0) is 18.4. The van der Waals surface area contributed by atoms with Crippen molar-refractivity contribution in [3.63, 3.8) is 0 Å². The number of benzene rings is 1. The van der Waals surface area contributed by atoms with E-state index in [1.54, 1.807) is 12.2 Å². The normalized spacial score (nSPS) is 15.9. The van der Waals surface area contributed by atoms with Gasteiger partial charge in [-0.3, -0.25) is 4.90 Å². The number of aromatic amines is 1. The van der Waals surface area contributed by atoms with Gasteiger partial charge in [0.05, 0.1) is 12.6 Å². The number of aromatic nitrogens is 1. The summed E-state index contributed by atoms with van der Waals surface area (Å²) in [6.07, 6.45) is 6.38. The molecular formula is C21H27ClN2O. The Morgan fingerprint density at radius 1 is 1.40 bits per heavy atom. The second kappa shape index (κ2) is 9.04. The largest absolute Gasteiger partial charge is 0.394 e. The summed E-state index contributed by atoms with van der Waals surface area (Å²) in [5.41, 5.74) is 4.65. The Morgan fingerprint density at radius 3 is 2.80 bits per heavy atom. The zero-order valence-corrected chi connectivity index (χ0v) is 15.8. The zero-order valence-electron chi connectivity index (χ0n) is 15.1. The fraction of sp³-hybridized carbons (Fsp3) is 0.333. The Labute approximate surface area is 155 Å². The van der Waals surface area contributed by atoms with E-state index in [9.17, 15) is 5.11 Å². The first-order valence-corrected chi connectivity index (χ1v) is 9.14. The van der Waals surface area contributed by atoms with Crippen molar-refractivity contribution < 1.29 is 5.11 Å². The summed E-state index contributed by atoms with van der Waals surface area (Å²) in [5, 5.41) is 11.8. The van der Waals surface area contributed by atoms with Crippen molar-refractivity contribution in [1.82, 2.24) is 9.88 Å². The lowest BCUT2D eigenvalue weighted by atomic mass is 9.99. The Bertz CT molecular complexity index is 776. The van der Waals surface area contributed by atoms with Gasteiger partial charge in [-0.15, -0.1) is 0 Å². The Morgan fingerprint density at radius 2 is 2.16 bits per heavy atom. The molecule has 0 bridgehead atoms. The first kappa shape index (κ1) is 19.5. The number of hydrogen-bond donors (Lipinski definition) is 2. The van der Waals surface area contributed by atoms with Gasteiger partial charge >= 0.3 is 0 Å². The molecule has 0 saturated carbocycles. The second-order valence-electron chi connectivity index (χ2n) is 5.80. The number of hydrogen-bond acceptors (Lipinski definition) is 2. The van der Waals surface area contributed by atoms with Crippen LogP contribution < -0.4 is 0 Å². The molecule has 0 amide bonds. The molecule has 2 aromatic rings. The maximum absolute atomic E-state index is 9.84. The fourth-order valence-electron chi connectivity index (χ4n) is 3.38. The molecule has 1 aromatic heterocycles. The Kier molecular flexibility index (Phi) is 7.06. The lowest BCUT2D eigenvalue weighted by molar-refractivity contribution is 0.134. The van der Waals surface area contributed by atoms with Gasteiger partial charge in [-0.1, -0.05) is 56.8 Å². The molecular weight excluding hydrogens is 332 g/mol. The Hall–Kier alpha value is -1.81. The van der Waals surface area contributed by atoms with Crippen molar-refractivity contribution >= 4 is 22.5 Å². The summed E-state index contributed by atoms with van der Waals surface area (Å²) in [6.45, 7) is 13.3. The highest BCUT2D eigenvalue weighted by molar-refractivity contribution is 6.31. The second-order valence-corrected chi connectivity index (χ2v) is 6.23. The average Bonchev–Trinajstić information content (AvgIpc) is 3.00. The minimum absolute atomic E-state index is 0.0614. The quantitative estimate of drug-likeness (QED) is 0.749. The smallest absolute Gasteiger partial charge is 0.0628 e. The van der Waals surface area contributed by atoms with Crippen molar-refractivity contribution in [3.8, 4) is 0 Å². The summed E-state index contributed by atoms with van der Waals surface area (Å²) in [5.74, 6) is 0. The van der Waals surface area contributed by atoms with E-state index < -0.39 is 0 Å². The van der Waals surface area contributed by atoms with E-state index in [0.717, 1.165) is 35.6 Å². The predicted molar refractivity (Wildman–Crippen MR) is 108 cm³/mol. The van der Waals surface area contributed by atoms with E-state index in [-0.39, 0.29) is 12.6 Å². The monoisotopic (exact) mass is 358 g/mol. The van der Waals surface area contributed by atoms with Gasteiger partial charge in [0.2, 0.25) is 0 Å². The van der Waals surface area contributed by atoms with Gasteiger partial charge < -0.3 is 10.1 Å². The summed E-state index contributed by atoms with van der Waals surface area (Å²) < 4.78 is 0. The van der Waals surface area contributed by atoms with Crippen molar-refractivity contribution in [1.29, 1.82) is 0 Å². The van der Waals surface area contributed by atoms with Crippen LogP contribution in [0.1, 0.15) is 25.1 Å². The molecule has 4 heteroatoms. The number of aliphatic hydroxyl groups is 1. The van der Waals surface area contributed by atoms with Crippen LogP contribution in [-0.2, 0) is 13.0 Å². The molecule has 1 unspecified atom stereocenters. The van der Waals surface area contributed by atoms with E-state index in [2.05, 4.69) is 23.0 Å². The number of halogens is 1. The maximum atomic E-state index is 9.84. The highest BCUT2D eigenvalue weighted by atomic mass is 35.5. The van der Waals surface area contributed by atoms with Crippen molar-refractivity contribution in [3.05, 3.63) is 71.4 Å². The van der Waals surface area contributed by atoms with Gasteiger partial charge in [0.25, 0.3) is 0 Å². The summed E-state index contributed by atoms with van der Waals surface area (Å²) >= 11 is 6.13. The number of rotatable bonds is 5. The molecule has 1 aliphatic heterocycles. The third-order valence-electron chi connectivity index (χ3n) is 4.51. The lowest BCUT2D eigenvalue weighted by Crippen LogP contribution is -2.42. The molecule has 0 saturated heterocycles. The summed E-state index contributed by atoms with van der Waals surface area (Å²) in [7, 11) is 0. The van der Waals surface area contributed by atoms with E-state index in [1.165, 1.54) is 16.6 Å². The molecule has 0 aliphatic carbocycles. The van der Waals surface area contributed by atoms with Crippen LogP contribution in [0.3, 0.4) is 0 Å². The highest BCUT2D eigenvalue weighted by Crippen LogP contribution is 2.31. The van der Waals surface area contributed by atoms with E-state index >= 15 is 0 Å². The van der Waals surface area contributed by atoms with Gasteiger partial charge in [0, 0.05) is 34.7 Å². The molecule has 134 valence electrons. The molecule has 1 aromatic carbocycles. The fourth-order valence-corrected chi connectivity index (χ4v) is 3.55. The van der Waals surface area contributed by atoms with Crippen LogP contribution in [0.25, 0.3) is 10.9 Å². The Balaban J connectivity index is 0.00000109. The van der Waals surface area contributed by atoms with Gasteiger partial charge in [0.15, 0.2) is 0 Å². The number of H-pyrrole nitrogens is 1. The van der Waals surface area contributed by atoms with Crippen LogP contribution in [0.2, 0.25) is 5.02 Å². The van der Waals surface area contributed by atoms with Crippen LogP contribution in [0.5, 0.6) is 0 Å². The number of allylic oxidation sites excluding steroid dienone is 2. The van der Waals surface area contributed by atoms with Crippen LogP contribution in [0, 0.1) is 0 Å². The SMILES string of the molecule is C=C/C=C(\C=C)C(CO)N1CCc2c([nH]c3ccc(Cl)cc23)C1.CC. The lowest BCUT2D eigenvalue weighted by Gasteiger charge is -2.34. The van der Waals surface area contributed by atoms with Crippen molar-refractivity contribution in [2.45, 2.75) is 32.9 Å². The van der Waals surface area contributed by atoms with Gasteiger partial charge in [-0.25, -0.2) is 0 Å². The van der Waals surface area contributed by atoms with E-state index in [0.29, 0.717) is 0 Å². The number of aliphatic hydroxyl groups excluding tert-OH is 1. The molecule has 0 radical (unpaired) electrons. The minimum Gasteiger partial charge on any atom is -0.394 e. The van der Waals surface area contributed by atoms with Crippen molar-refractivity contribution in [2.24, 2.45) is 0 Å². The van der Waals surface area contributed by atoms with Gasteiger partial charge in [-0.05, 0) is 35.8 Å². The molecule has 0 fully saturated rings. The molecule has 1 aliphatic rings. The summed E-state index contributed by atoms with van der Waals surface area (Å²) in [4.78, 5) is 5.77. The van der Waals surface area contributed by atoms with Crippen LogP contribution >= 0.6 is 11.6 Å². The minimum atomic E-state index is -0.0614. The molecule has 2 heterocycles. The molecule has 25 heavy (non-hydrogen) atoms. The maximum Gasteiger partial charge on any atom is 0.0628 e. The molecule has 0 spiro atoms. The first-order chi connectivity index (χ1) is 12.2. The molecule has 3 rings (SSSR count). The van der Waals surface area contributed by atoms with Gasteiger partial charge in [0.1, 0.15) is 0 Å². The third-order valence-corrected chi connectivity index (χ3v) is 4.75. The molecule has 2 N–H and O–H groups in total. The summed E-state index contributed by atoms with van der Waals surface area (Å²) in [6, 6.07) is 5.89. The van der Waals surface area contributed by atoms with Crippen LogP contribution in [0.15, 0.2) is 55.2 Å². The average molecular weight is 359 g/mol. The van der Waals surface area contributed by atoms with Crippen LogP contribution in [0.4, 0.5) is 0 Å². The van der Waals surface area contributed by atoms with Crippen molar-refractivity contribution in [2.75, 3.05) is 13.2 Å². The topological polar surface area (TPSA) is 39.3 Å². The van der Waals surface area contributed by atoms with E-state index in [1.807, 2.05) is 38.1 Å². The molecule has 3 nitrogen and oxygen atoms in total. The number of nitrogens with one attached hydrogen (secondary N) is 1.